The average molecular weight is 398 g/mol. The fraction of sp³-hybridized carbons (Fsp3) is 0.542. The van der Waals surface area contributed by atoms with Crippen molar-refractivity contribution in [2.75, 3.05) is 31.6 Å². The van der Waals surface area contributed by atoms with Crippen LogP contribution in [0.3, 0.4) is 0 Å². The van der Waals surface area contributed by atoms with Gasteiger partial charge in [-0.2, -0.15) is 0 Å². The van der Waals surface area contributed by atoms with E-state index < -0.39 is 0 Å². The summed E-state index contributed by atoms with van der Waals surface area (Å²) < 4.78 is 11.8. The van der Waals surface area contributed by atoms with Crippen LogP contribution in [0.5, 0.6) is 11.5 Å². The number of hydrogen-bond donors (Lipinski definition) is 1. The van der Waals surface area contributed by atoms with Crippen molar-refractivity contribution < 1.29 is 9.47 Å². The van der Waals surface area contributed by atoms with E-state index in [1.165, 1.54) is 11.3 Å². The maximum Gasteiger partial charge on any atom is 0.161 e. The van der Waals surface area contributed by atoms with Gasteiger partial charge in [0.05, 0.1) is 13.2 Å². The SMILES string of the molecule is CCOc1cc(CN2CCC(Nc3ccnc(C)c3)CC2)ccc1OCC(C)C. The number of hydrogen-bond acceptors (Lipinski definition) is 5. The fourth-order valence-corrected chi connectivity index (χ4v) is 3.66. The molecule has 1 aliphatic rings. The maximum atomic E-state index is 5.92. The molecule has 1 aromatic heterocycles. The first-order valence-electron chi connectivity index (χ1n) is 10.8. The highest BCUT2D eigenvalue weighted by atomic mass is 16.5. The highest BCUT2D eigenvalue weighted by Gasteiger charge is 2.20. The number of ether oxygens (including phenoxy) is 2. The third kappa shape index (κ3) is 6.64. The van der Waals surface area contributed by atoms with Gasteiger partial charge in [0.2, 0.25) is 0 Å². The van der Waals surface area contributed by atoms with E-state index in [0.29, 0.717) is 25.2 Å². The lowest BCUT2D eigenvalue weighted by Gasteiger charge is -2.33. The van der Waals surface area contributed by atoms with Gasteiger partial charge in [0.25, 0.3) is 0 Å². The average Bonchev–Trinajstić information content (AvgIpc) is 2.69. The van der Waals surface area contributed by atoms with E-state index in [-0.39, 0.29) is 0 Å². The second kappa shape index (κ2) is 10.5. The molecular formula is C24H35N3O2. The van der Waals surface area contributed by atoms with Crippen LogP contribution in [0.25, 0.3) is 0 Å². The van der Waals surface area contributed by atoms with Gasteiger partial charge in [-0.3, -0.25) is 9.88 Å². The number of rotatable bonds is 9. The van der Waals surface area contributed by atoms with Crippen molar-refractivity contribution in [1.82, 2.24) is 9.88 Å². The van der Waals surface area contributed by atoms with Gasteiger partial charge in [0.1, 0.15) is 0 Å². The number of anilines is 1. The third-order valence-corrected chi connectivity index (χ3v) is 5.14. The number of aromatic nitrogens is 1. The van der Waals surface area contributed by atoms with Crippen molar-refractivity contribution in [3.63, 3.8) is 0 Å². The number of nitrogens with zero attached hydrogens (tertiary/aromatic N) is 2. The van der Waals surface area contributed by atoms with Crippen molar-refractivity contribution in [2.45, 2.75) is 53.1 Å². The van der Waals surface area contributed by atoms with Gasteiger partial charge in [0, 0.05) is 43.3 Å². The summed E-state index contributed by atoms with van der Waals surface area (Å²) in [5.41, 5.74) is 3.51. The minimum absolute atomic E-state index is 0.495. The van der Waals surface area contributed by atoms with Crippen LogP contribution in [0.4, 0.5) is 5.69 Å². The minimum Gasteiger partial charge on any atom is -0.490 e. The molecule has 5 nitrogen and oxygen atoms in total. The highest BCUT2D eigenvalue weighted by Crippen LogP contribution is 2.30. The maximum absolute atomic E-state index is 5.92. The molecule has 1 aromatic carbocycles. The molecule has 1 N–H and O–H groups in total. The predicted molar refractivity (Wildman–Crippen MR) is 119 cm³/mol. The van der Waals surface area contributed by atoms with Crippen molar-refractivity contribution in [3.05, 3.63) is 47.8 Å². The Morgan fingerprint density at radius 3 is 2.59 bits per heavy atom. The summed E-state index contributed by atoms with van der Waals surface area (Å²) in [4.78, 5) is 6.79. The Morgan fingerprint density at radius 1 is 1.10 bits per heavy atom. The van der Waals surface area contributed by atoms with Gasteiger partial charge >= 0.3 is 0 Å². The molecule has 0 radical (unpaired) electrons. The summed E-state index contributed by atoms with van der Waals surface area (Å²) in [5, 5.41) is 3.66. The van der Waals surface area contributed by atoms with Crippen molar-refractivity contribution >= 4 is 5.69 Å². The van der Waals surface area contributed by atoms with Crippen molar-refractivity contribution in [1.29, 1.82) is 0 Å². The summed E-state index contributed by atoms with van der Waals surface area (Å²) in [6.07, 6.45) is 4.17. The van der Waals surface area contributed by atoms with Gasteiger partial charge in [-0.1, -0.05) is 19.9 Å². The number of pyridine rings is 1. The lowest BCUT2D eigenvalue weighted by atomic mass is 10.0. The molecule has 0 atom stereocenters. The van der Waals surface area contributed by atoms with E-state index in [1.807, 2.05) is 20.0 Å². The normalized spacial score (nSPS) is 15.5. The number of nitrogens with one attached hydrogen (secondary N) is 1. The Balaban J connectivity index is 1.53. The standard InChI is InChI=1S/C24H35N3O2/c1-5-28-24-15-20(6-7-23(24)29-17-18(2)3)16-27-12-9-21(10-13-27)26-22-8-11-25-19(4)14-22/h6-8,11,14-15,18,21H,5,9-10,12-13,16-17H2,1-4H3,(H,25,26). The molecule has 5 heteroatoms. The van der Waals surface area contributed by atoms with Crippen molar-refractivity contribution in [2.24, 2.45) is 5.92 Å². The first-order chi connectivity index (χ1) is 14.0. The van der Waals surface area contributed by atoms with Crippen LogP contribution in [-0.2, 0) is 6.54 Å². The van der Waals surface area contributed by atoms with Gasteiger partial charge in [-0.25, -0.2) is 0 Å². The van der Waals surface area contributed by atoms with E-state index in [4.69, 9.17) is 9.47 Å². The van der Waals surface area contributed by atoms with Gasteiger partial charge in [-0.05, 0) is 62.4 Å². The van der Waals surface area contributed by atoms with Crippen LogP contribution in [-0.4, -0.2) is 42.2 Å². The monoisotopic (exact) mass is 397 g/mol. The predicted octanol–water partition coefficient (Wildman–Crippen LogP) is 4.90. The van der Waals surface area contributed by atoms with Crippen molar-refractivity contribution in [3.8, 4) is 11.5 Å². The van der Waals surface area contributed by atoms with Crippen LogP contribution in [0.1, 0.15) is 44.9 Å². The number of piperidine rings is 1. The van der Waals surface area contributed by atoms with E-state index in [2.05, 4.69) is 59.4 Å². The fourth-order valence-electron chi connectivity index (χ4n) is 3.66. The number of benzene rings is 1. The Bertz CT molecular complexity index is 770. The van der Waals surface area contributed by atoms with Crippen LogP contribution in [0.2, 0.25) is 0 Å². The Labute approximate surface area is 175 Å². The molecule has 1 saturated heterocycles. The molecule has 2 aromatic rings. The molecule has 1 aliphatic heterocycles. The quantitative estimate of drug-likeness (QED) is 0.652. The molecule has 0 saturated carbocycles. The van der Waals surface area contributed by atoms with E-state index in [9.17, 15) is 0 Å². The lowest BCUT2D eigenvalue weighted by Crippen LogP contribution is -2.38. The molecule has 0 unspecified atom stereocenters. The third-order valence-electron chi connectivity index (χ3n) is 5.14. The van der Waals surface area contributed by atoms with E-state index in [1.54, 1.807) is 0 Å². The van der Waals surface area contributed by atoms with Crippen LogP contribution in [0, 0.1) is 12.8 Å². The summed E-state index contributed by atoms with van der Waals surface area (Å²) in [6, 6.07) is 11.1. The molecule has 158 valence electrons. The van der Waals surface area contributed by atoms with Gasteiger partial charge in [0.15, 0.2) is 11.5 Å². The lowest BCUT2D eigenvalue weighted by molar-refractivity contribution is 0.210. The molecule has 0 spiro atoms. The summed E-state index contributed by atoms with van der Waals surface area (Å²) in [6.45, 7) is 12.8. The largest absolute Gasteiger partial charge is 0.490 e. The summed E-state index contributed by atoms with van der Waals surface area (Å²) in [5.74, 6) is 2.20. The molecule has 3 rings (SSSR count). The zero-order chi connectivity index (χ0) is 20.6. The smallest absolute Gasteiger partial charge is 0.161 e. The van der Waals surface area contributed by atoms with Crippen LogP contribution >= 0.6 is 0 Å². The Kier molecular flexibility index (Phi) is 7.76. The summed E-state index contributed by atoms with van der Waals surface area (Å²) >= 11 is 0. The zero-order valence-electron chi connectivity index (χ0n) is 18.3. The number of likely N-dealkylation sites (tertiary alicyclic amines) is 1. The molecule has 0 amide bonds. The van der Waals surface area contributed by atoms with Gasteiger partial charge < -0.3 is 14.8 Å². The second-order valence-corrected chi connectivity index (χ2v) is 8.30. The minimum atomic E-state index is 0.495. The van der Waals surface area contributed by atoms with E-state index in [0.717, 1.165) is 49.7 Å². The van der Waals surface area contributed by atoms with Gasteiger partial charge in [-0.15, -0.1) is 0 Å². The molecular weight excluding hydrogens is 362 g/mol. The van der Waals surface area contributed by atoms with E-state index >= 15 is 0 Å². The van der Waals surface area contributed by atoms with Crippen LogP contribution in [0.15, 0.2) is 36.5 Å². The Morgan fingerprint density at radius 2 is 1.90 bits per heavy atom. The summed E-state index contributed by atoms with van der Waals surface area (Å²) in [7, 11) is 0. The highest BCUT2D eigenvalue weighted by molar-refractivity contribution is 5.44. The molecule has 0 aliphatic carbocycles. The molecule has 1 fully saturated rings. The molecule has 29 heavy (non-hydrogen) atoms. The molecule has 0 bridgehead atoms. The first kappa shape index (κ1) is 21.4. The zero-order valence-corrected chi connectivity index (χ0v) is 18.3. The Hall–Kier alpha value is -2.27. The number of aryl methyl sites for hydroxylation is 1. The molecule has 2 heterocycles. The second-order valence-electron chi connectivity index (χ2n) is 8.30. The van der Waals surface area contributed by atoms with Crippen LogP contribution < -0.4 is 14.8 Å². The topological polar surface area (TPSA) is 46.6 Å². The first-order valence-corrected chi connectivity index (χ1v) is 10.8.